The minimum Gasteiger partial charge on any atom is -0.352 e. The van der Waals surface area contributed by atoms with Gasteiger partial charge in [0.25, 0.3) is 11.8 Å². The Labute approximate surface area is 157 Å². The number of fused-ring (bicyclic) bond motifs is 1. The molecule has 1 fully saturated rings. The van der Waals surface area contributed by atoms with E-state index < -0.39 is 0 Å². The zero-order valence-electron chi connectivity index (χ0n) is 15.0. The van der Waals surface area contributed by atoms with Gasteiger partial charge >= 0.3 is 0 Å². The van der Waals surface area contributed by atoms with Crippen molar-refractivity contribution in [1.29, 1.82) is 0 Å². The second-order valence-corrected chi connectivity index (χ2v) is 6.95. The number of nitrogens with one attached hydrogen (secondary N) is 1. The molecule has 2 amide bonds. The molecule has 1 aliphatic heterocycles. The lowest BCUT2D eigenvalue weighted by molar-refractivity contribution is 0.0670. The molecule has 4 rings (SSSR count). The first-order valence-corrected chi connectivity index (χ1v) is 9.26. The summed E-state index contributed by atoms with van der Waals surface area (Å²) in [6.07, 6.45) is 7.34. The van der Waals surface area contributed by atoms with E-state index in [0.717, 1.165) is 25.0 Å². The molecule has 3 heterocycles. The average molecular weight is 362 g/mol. The molecule has 0 bridgehead atoms. The minimum atomic E-state index is -0.0652. The summed E-state index contributed by atoms with van der Waals surface area (Å²) in [7, 11) is 0. The number of hydrogen-bond donors (Lipinski definition) is 1. The van der Waals surface area contributed by atoms with E-state index in [2.05, 4.69) is 10.3 Å². The van der Waals surface area contributed by atoms with Gasteiger partial charge in [-0.2, -0.15) is 0 Å². The Morgan fingerprint density at radius 1 is 1.11 bits per heavy atom. The number of benzene rings is 1. The van der Waals surface area contributed by atoms with Crippen LogP contribution in [0, 0.1) is 5.92 Å². The molecule has 3 aromatic rings. The molecule has 2 aromatic heterocycles. The van der Waals surface area contributed by atoms with E-state index in [1.165, 1.54) is 0 Å². The third-order valence-corrected chi connectivity index (χ3v) is 5.03. The maximum atomic E-state index is 12.9. The Bertz CT molecular complexity index is 951. The molecule has 6 nitrogen and oxygen atoms in total. The van der Waals surface area contributed by atoms with Crippen LogP contribution in [0.1, 0.15) is 33.6 Å². The molecule has 27 heavy (non-hydrogen) atoms. The second-order valence-electron chi connectivity index (χ2n) is 6.95. The summed E-state index contributed by atoms with van der Waals surface area (Å²) < 4.78 is 1.86. The molecule has 1 N–H and O–H groups in total. The number of carbonyl (C=O) groups is 2. The van der Waals surface area contributed by atoms with Crippen molar-refractivity contribution < 1.29 is 9.59 Å². The number of amides is 2. The minimum absolute atomic E-state index is 0.0321. The van der Waals surface area contributed by atoms with Crippen LogP contribution in [-0.4, -0.2) is 45.7 Å². The number of imidazole rings is 1. The van der Waals surface area contributed by atoms with Gasteiger partial charge < -0.3 is 14.6 Å². The molecular formula is C21H22N4O2. The predicted molar refractivity (Wildman–Crippen MR) is 103 cm³/mol. The van der Waals surface area contributed by atoms with Crippen LogP contribution in [-0.2, 0) is 0 Å². The van der Waals surface area contributed by atoms with Crippen LogP contribution in [0.25, 0.3) is 5.65 Å². The highest BCUT2D eigenvalue weighted by molar-refractivity contribution is 5.95. The maximum Gasteiger partial charge on any atom is 0.255 e. The predicted octanol–water partition coefficient (Wildman–Crippen LogP) is 2.62. The van der Waals surface area contributed by atoms with E-state index in [4.69, 9.17) is 0 Å². The average Bonchev–Trinajstić information content (AvgIpc) is 3.20. The number of piperidine rings is 1. The summed E-state index contributed by atoms with van der Waals surface area (Å²) in [5, 5.41) is 3.00. The van der Waals surface area contributed by atoms with Crippen molar-refractivity contribution in [2.24, 2.45) is 5.92 Å². The van der Waals surface area contributed by atoms with Crippen molar-refractivity contribution in [1.82, 2.24) is 19.6 Å². The van der Waals surface area contributed by atoms with Crippen molar-refractivity contribution in [3.8, 4) is 0 Å². The molecule has 0 aliphatic carbocycles. The van der Waals surface area contributed by atoms with E-state index in [1.807, 2.05) is 52.0 Å². The molecule has 0 unspecified atom stereocenters. The van der Waals surface area contributed by atoms with Gasteiger partial charge in [-0.1, -0.05) is 18.2 Å². The molecule has 1 saturated heterocycles. The lowest BCUT2D eigenvalue weighted by atomic mass is 9.97. The van der Waals surface area contributed by atoms with Gasteiger partial charge in [0.1, 0.15) is 5.65 Å². The van der Waals surface area contributed by atoms with Crippen LogP contribution in [0.2, 0.25) is 0 Å². The van der Waals surface area contributed by atoms with Crippen LogP contribution < -0.4 is 5.32 Å². The quantitative estimate of drug-likeness (QED) is 0.776. The first-order valence-electron chi connectivity index (χ1n) is 9.26. The summed E-state index contributed by atoms with van der Waals surface area (Å²) in [6.45, 7) is 2.00. The SMILES string of the molecule is O=C(NC[C@H]1CCCN(C(=O)c2ccc3nccn3c2)C1)c1ccccc1. The summed E-state index contributed by atoms with van der Waals surface area (Å²) in [4.78, 5) is 31.2. The van der Waals surface area contributed by atoms with Gasteiger partial charge in [-0.15, -0.1) is 0 Å². The number of aromatic nitrogens is 2. The lowest BCUT2D eigenvalue weighted by Crippen LogP contribution is -2.43. The molecule has 6 heteroatoms. The highest BCUT2D eigenvalue weighted by Gasteiger charge is 2.25. The van der Waals surface area contributed by atoms with Crippen LogP contribution in [0.4, 0.5) is 0 Å². The van der Waals surface area contributed by atoms with E-state index in [1.54, 1.807) is 18.3 Å². The lowest BCUT2D eigenvalue weighted by Gasteiger charge is -2.33. The zero-order chi connectivity index (χ0) is 18.6. The number of carbonyl (C=O) groups excluding carboxylic acids is 2. The van der Waals surface area contributed by atoms with Gasteiger partial charge in [-0.05, 0) is 43.0 Å². The van der Waals surface area contributed by atoms with Gasteiger partial charge in [0.05, 0.1) is 5.56 Å². The maximum absolute atomic E-state index is 12.9. The van der Waals surface area contributed by atoms with Crippen LogP contribution in [0.3, 0.4) is 0 Å². The molecule has 0 radical (unpaired) electrons. The van der Waals surface area contributed by atoms with Gasteiger partial charge in [0.15, 0.2) is 0 Å². The van der Waals surface area contributed by atoms with E-state index in [-0.39, 0.29) is 17.7 Å². The van der Waals surface area contributed by atoms with Gasteiger partial charge in [0.2, 0.25) is 0 Å². The molecule has 138 valence electrons. The summed E-state index contributed by atoms with van der Waals surface area (Å²) in [5.74, 6) is 0.238. The molecule has 0 spiro atoms. The summed E-state index contributed by atoms with van der Waals surface area (Å²) in [6, 6.07) is 12.9. The number of hydrogen-bond acceptors (Lipinski definition) is 3. The Hall–Kier alpha value is -3.15. The highest BCUT2D eigenvalue weighted by Crippen LogP contribution is 2.19. The van der Waals surface area contributed by atoms with Gasteiger partial charge in [-0.25, -0.2) is 4.98 Å². The Balaban J connectivity index is 1.37. The second kappa shape index (κ2) is 7.61. The zero-order valence-corrected chi connectivity index (χ0v) is 15.0. The summed E-state index contributed by atoms with van der Waals surface area (Å²) in [5.41, 5.74) is 2.15. The van der Waals surface area contributed by atoms with Crippen LogP contribution >= 0.6 is 0 Å². The molecular weight excluding hydrogens is 340 g/mol. The van der Waals surface area contributed by atoms with Crippen LogP contribution in [0.15, 0.2) is 61.1 Å². The van der Waals surface area contributed by atoms with Crippen molar-refractivity contribution in [3.05, 3.63) is 72.2 Å². The Morgan fingerprint density at radius 3 is 2.81 bits per heavy atom. The number of likely N-dealkylation sites (tertiary alicyclic amines) is 1. The first-order chi connectivity index (χ1) is 13.2. The van der Waals surface area contributed by atoms with Crippen molar-refractivity contribution >= 4 is 17.5 Å². The number of pyridine rings is 1. The topological polar surface area (TPSA) is 66.7 Å². The van der Waals surface area contributed by atoms with E-state index in [9.17, 15) is 9.59 Å². The fourth-order valence-electron chi connectivity index (χ4n) is 3.57. The molecule has 1 aromatic carbocycles. The largest absolute Gasteiger partial charge is 0.352 e. The summed E-state index contributed by atoms with van der Waals surface area (Å²) >= 11 is 0. The normalized spacial score (nSPS) is 17.0. The third kappa shape index (κ3) is 3.84. The van der Waals surface area contributed by atoms with Crippen LogP contribution in [0.5, 0.6) is 0 Å². The Morgan fingerprint density at radius 2 is 1.96 bits per heavy atom. The first kappa shape index (κ1) is 17.3. The molecule has 0 saturated carbocycles. The van der Waals surface area contributed by atoms with Crippen molar-refractivity contribution in [3.63, 3.8) is 0 Å². The van der Waals surface area contributed by atoms with Crippen molar-refractivity contribution in [2.75, 3.05) is 19.6 Å². The smallest absolute Gasteiger partial charge is 0.255 e. The third-order valence-electron chi connectivity index (χ3n) is 5.03. The van der Waals surface area contributed by atoms with Gasteiger partial charge in [0, 0.05) is 43.8 Å². The van der Waals surface area contributed by atoms with E-state index >= 15 is 0 Å². The molecule has 1 aliphatic rings. The van der Waals surface area contributed by atoms with E-state index in [0.29, 0.717) is 24.2 Å². The number of nitrogens with zero attached hydrogens (tertiary/aromatic N) is 3. The molecule has 1 atom stereocenters. The standard InChI is InChI=1S/C21H22N4O2/c26-20(17-6-2-1-3-7-17)23-13-16-5-4-11-25(14-16)21(27)18-8-9-19-22-10-12-24(19)15-18/h1-3,6-10,12,15-16H,4-5,11,13-14H2,(H,23,26)/t16-/m1/s1. The monoisotopic (exact) mass is 362 g/mol. The highest BCUT2D eigenvalue weighted by atomic mass is 16.2. The van der Waals surface area contributed by atoms with Crippen molar-refractivity contribution in [2.45, 2.75) is 12.8 Å². The fraction of sp³-hybridized carbons (Fsp3) is 0.286. The fourth-order valence-corrected chi connectivity index (χ4v) is 3.57. The van der Waals surface area contributed by atoms with Gasteiger partial charge in [-0.3, -0.25) is 9.59 Å². The number of rotatable bonds is 4. The Kier molecular flexibility index (Phi) is 4.87.